The number of hydrogen-bond acceptors (Lipinski definition) is 4. The number of carbonyl (C=O) groups is 1. The van der Waals surface area contributed by atoms with Gasteiger partial charge in [0.1, 0.15) is 17.5 Å². The summed E-state index contributed by atoms with van der Waals surface area (Å²) in [4.78, 5) is 16.0. The smallest absolute Gasteiger partial charge is 0.274 e. The van der Waals surface area contributed by atoms with Gasteiger partial charge in [0.05, 0.1) is 12.2 Å². The maximum absolute atomic E-state index is 12.0. The normalized spacial score (nSPS) is 12.2. The molecule has 98 valence electrons. The number of nitrogens with one attached hydrogen (secondary N) is 1. The Bertz CT molecular complexity index is 702. The molecule has 0 aliphatic carbocycles. The van der Waals surface area contributed by atoms with Crippen molar-refractivity contribution in [2.75, 3.05) is 11.9 Å². The predicted octanol–water partition coefficient (Wildman–Crippen LogP) is 2.14. The van der Waals surface area contributed by atoms with Crippen LogP contribution in [0, 0.1) is 11.3 Å². The number of ether oxygens (including phenoxy) is 1. The zero-order chi connectivity index (χ0) is 13.9. The number of amides is 1. The van der Waals surface area contributed by atoms with Gasteiger partial charge in [0, 0.05) is 18.3 Å². The van der Waals surface area contributed by atoms with Crippen molar-refractivity contribution in [3.63, 3.8) is 0 Å². The Kier molecular flexibility index (Phi) is 3.05. The molecular weight excluding hydrogens is 254 g/mol. The second-order valence-electron chi connectivity index (χ2n) is 4.42. The summed E-state index contributed by atoms with van der Waals surface area (Å²) in [6.07, 6.45) is 2.24. The fourth-order valence-electron chi connectivity index (χ4n) is 2.05. The number of hydrogen-bond donors (Lipinski definition) is 1. The molecule has 0 unspecified atom stereocenters. The fourth-order valence-corrected chi connectivity index (χ4v) is 2.05. The lowest BCUT2D eigenvalue weighted by atomic mass is 10.1. The van der Waals surface area contributed by atoms with E-state index in [4.69, 9.17) is 10.00 Å². The number of nitrogens with zero attached hydrogens (tertiary/aromatic N) is 2. The Morgan fingerprint density at radius 1 is 1.35 bits per heavy atom. The summed E-state index contributed by atoms with van der Waals surface area (Å²) in [5.74, 6) is 0.577. The van der Waals surface area contributed by atoms with E-state index in [1.807, 2.05) is 18.2 Å². The molecule has 0 fully saturated rings. The van der Waals surface area contributed by atoms with Crippen molar-refractivity contribution >= 4 is 11.6 Å². The van der Waals surface area contributed by atoms with Crippen LogP contribution in [-0.2, 0) is 6.42 Å². The molecule has 5 nitrogen and oxygen atoms in total. The molecule has 1 N–H and O–H groups in total. The lowest BCUT2D eigenvalue weighted by molar-refractivity contribution is 0.102. The summed E-state index contributed by atoms with van der Waals surface area (Å²) in [5.41, 5.74) is 2.51. The van der Waals surface area contributed by atoms with E-state index in [0.717, 1.165) is 17.7 Å². The Hall–Kier alpha value is -2.87. The number of nitriles is 1. The molecule has 0 atom stereocenters. The lowest BCUT2D eigenvalue weighted by Gasteiger charge is -2.06. The molecular formula is C15H11N3O2. The van der Waals surface area contributed by atoms with Crippen LogP contribution in [0.4, 0.5) is 5.69 Å². The molecule has 1 aromatic heterocycles. The molecule has 1 aromatic carbocycles. The first-order chi connectivity index (χ1) is 9.76. The van der Waals surface area contributed by atoms with Gasteiger partial charge in [-0.2, -0.15) is 5.26 Å². The first-order valence-corrected chi connectivity index (χ1v) is 6.19. The number of rotatable bonds is 2. The standard InChI is InChI=1S/C15H11N3O2/c16-8-10-1-3-13(17-9-10)15(19)18-12-2-4-14-11(7-12)5-6-20-14/h1-4,7,9H,5-6H2,(H,18,19). The highest BCUT2D eigenvalue weighted by molar-refractivity contribution is 6.02. The Balaban J connectivity index is 1.77. The minimum atomic E-state index is -0.298. The van der Waals surface area contributed by atoms with Crippen LogP contribution in [-0.4, -0.2) is 17.5 Å². The largest absolute Gasteiger partial charge is 0.493 e. The summed E-state index contributed by atoms with van der Waals surface area (Å²) >= 11 is 0. The summed E-state index contributed by atoms with van der Waals surface area (Å²) in [5, 5.41) is 11.5. The predicted molar refractivity (Wildman–Crippen MR) is 72.5 cm³/mol. The number of aromatic nitrogens is 1. The number of pyridine rings is 1. The van der Waals surface area contributed by atoms with Crippen LogP contribution in [0.1, 0.15) is 21.6 Å². The van der Waals surface area contributed by atoms with E-state index in [1.54, 1.807) is 12.1 Å². The van der Waals surface area contributed by atoms with E-state index in [9.17, 15) is 4.79 Å². The van der Waals surface area contributed by atoms with Gasteiger partial charge >= 0.3 is 0 Å². The second kappa shape index (κ2) is 5.02. The minimum absolute atomic E-state index is 0.278. The van der Waals surface area contributed by atoms with E-state index < -0.39 is 0 Å². The highest BCUT2D eigenvalue weighted by atomic mass is 16.5. The molecule has 0 bridgehead atoms. The van der Waals surface area contributed by atoms with Crippen LogP contribution < -0.4 is 10.1 Å². The maximum atomic E-state index is 12.0. The Labute approximate surface area is 115 Å². The van der Waals surface area contributed by atoms with E-state index in [2.05, 4.69) is 10.3 Å². The summed E-state index contributed by atoms with van der Waals surface area (Å²) in [7, 11) is 0. The van der Waals surface area contributed by atoms with Crippen LogP contribution >= 0.6 is 0 Å². The fraction of sp³-hybridized carbons (Fsp3) is 0.133. The van der Waals surface area contributed by atoms with Gasteiger partial charge in [0.25, 0.3) is 5.91 Å². The van der Waals surface area contributed by atoms with Crippen LogP contribution in [0.25, 0.3) is 0 Å². The highest BCUT2D eigenvalue weighted by Crippen LogP contribution is 2.27. The van der Waals surface area contributed by atoms with Crippen molar-refractivity contribution in [1.29, 1.82) is 5.26 Å². The average Bonchev–Trinajstić information content (AvgIpc) is 2.95. The molecule has 5 heteroatoms. The zero-order valence-corrected chi connectivity index (χ0v) is 10.6. The van der Waals surface area contributed by atoms with Crippen molar-refractivity contribution in [2.24, 2.45) is 0 Å². The molecule has 1 amide bonds. The van der Waals surface area contributed by atoms with E-state index in [1.165, 1.54) is 12.3 Å². The summed E-state index contributed by atoms with van der Waals surface area (Å²) in [6.45, 7) is 0.684. The van der Waals surface area contributed by atoms with E-state index >= 15 is 0 Å². The first-order valence-electron chi connectivity index (χ1n) is 6.19. The third kappa shape index (κ3) is 2.31. The molecule has 20 heavy (non-hydrogen) atoms. The second-order valence-corrected chi connectivity index (χ2v) is 4.42. The van der Waals surface area contributed by atoms with Gasteiger partial charge in [0.2, 0.25) is 0 Å². The first kappa shape index (κ1) is 12.2. The summed E-state index contributed by atoms with van der Waals surface area (Å²) < 4.78 is 5.41. The van der Waals surface area contributed by atoms with Gasteiger partial charge in [-0.1, -0.05) is 0 Å². The quantitative estimate of drug-likeness (QED) is 0.902. The number of benzene rings is 1. The van der Waals surface area contributed by atoms with Gasteiger partial charge in [-0.25, -0.2) is 4.98 Å². The van der Waals surface area contributed by atoms with Gasteiger partial charge in [0.15, 0.2) is 0 Å². The molecule has 0 spiro atoms. The van der Waals surface area contributed by atoms with Crippen molar-refractivity contribution in [3.05, 3.63) is 53.3 Å². The molecule has 3 rings (SSSR count). The lowest BCUT2D eigenvalue weighted by Crippen LogP contribution is -2.13. The van der Waals surface area contributed by atoms with Crippen LogP contribution in [0.5, 0.6) is 5.75 Å². The molecule has 2 heterocycles. The van der Waals surface area contributed by atoms with Crippen LogP contribution in [0.2, 0.25) is 0 Å². The minimum Gasteiger partial charge on any atom is -0.493 e. The van der Waals surface area contributed by atoms with Crippen LogP contribution in [0.3, 0.4) is 0 Å². The zero-order valence-electron chi connectivity index (χ0n) is 10.6. The molecule has 1 aliphatic heterocycles. The molecule has 2 aromatic rings. The average molecular weight is 265 g/mol. The molecule has 0 saturated heterocycles. The summed E-state index contributed by atoms with van der Waals surface area (Å²) in [6, 6.07) is 10.6. The Morgan fingerprint density at radius 2 is 2.25 bits per heavy atom. The van der Waals surface area contributed by atoms with Gasteiger partial charge in [-0.3, -0.25) is 4.79 Å². The highest BCUT2D eigenvalue weighted by Gasteiger charge is 2.14. The van der Waals surface area contributed by atoms with E-state index in [0.29, 0.717) is 17.9 Å². The maximum Gasteiger partial charge on any atom is 0.274 e. The van der Waals surface area contributed by atoms with Crippen molar-refractivity contribution in [2.45, 2.75) is 6.42 Å². The third-order valence-corrected chi connectivity index (χ3v) is 3.07. The molecule has 1 aliphatic rings. The van der Waals surface area contributed by atoms with Gasteiger partial charge < -0.3 is 10.1 Å². The van der Waals surface area contributed by atoms with Crippen molar-refractivity contribution in [1.82, 2.24) is 4.98 Å². The molecule has 0 radical (unpaired) electrons. The number of fused-ring (bicyclic) bond motifs is 1. The van der Waals surface area contributed by atoms with Gasteiger partial charge in [-0.15, -0.1) is 0 Å². The van der Waals surface area contributed by atoms with Crippen molar-refractivity contribution < 1.29 is 9.53 Å². The van der Waals surface area contributed by atoms with E-state index in [-0.39, 0.29) is 11.6 Å². The Morgan fingerprint density at radius 3 is 3.00 bits per heavy atom. The topological polar surface area (TPSA) is 75.0 Å². The monoisotopic (exact) mass is 265 g/mol. The van der Waals surface area contributed by atoms with Crippen molar-refractivity contribution in [3.8, 4) is 11.8 Å². The van der Waals surface area contributed by atoms with Gasteiger partial charge in [-0.05, 0) is 35.9 Å². The number of carbonyl (C=O) groups excluding carboxylic acids is 1. The SMILES string of the molecule is N#Cc1ccc(C(=O)Nc2ccc3c(c2)CCO3)nc1. The van der Waals surface area contributed by atoms with Crippen LogP contribution in [0.15, 0.2) is 36.5 Å². The third-order valence-electron chi connectivity index (χ3n) is 3.07. The number of anilines is 1. The molecule has 0 saturated carbocycles.